The summed E-state index contributed by atoms with van der Waals surface area (Å²) in [6, 6.07) is -7.00. The fourth-order valence-corrected chi connectivity index (χ4v) is 3.25. The van der Waals surface area contributed by atoms with Crippen molar-refractivity contribution in [1.29, 1.82) is 0 Å². The topological polar surface area (TPSA) is 608 Å². The van der Waals surface area contributed by atoms with Gasteiger partial charge in [-0.1, -0.05) is 48.0 Å². The number of nitrogens with two attached hydrogens (primary N) is 7. The molecule has 402 valence electrons. The zero-order chi connectivity index (χ0) is 55.8. The van der Waals surface area contributed by atoms with Crippen molar-refractivity contribution < 1.29 is 109 Å². The normalized spacial score (nSPS) is 15.9. The number of aliphatic carboxylic acids is 10. The van der Waals surface area contributed by atoms with Crippen LogP contribution in [0.4, 0.5) is 0 Å². The van der Waals surface area contributed by atoms with Crippen molar-refractivity contribution in [1.82, 2.24) is 5.32 Å². The van der Waals surface area contributed by atoms with Crippen LogP contribution < -0.4 is 45.5 Å². The molecule has 27 N–H and O–H groups in total. The molecule has 1 aliphatic heterocycles. The van der Waals surface area contributed by atoms with Crippen LogP contribution in [-0.2, 0) is 47.9 Å². The standard InChI is InChI=1S/2C6H13NO2.C5H9NO4.C5H9NO2.C5H11NO2.C4H7NO4.C4H9NO3.C3H7NO3/c1-4(2)3-5(7)6(8)9;1-3-4(2)5(7)6(8)9;6-3(5(9)10)1-2-4(7)8;7-5(8)4-2-1-3-6-4;1-3(2)4(6)5(7)8;5-2(4(8)9)1-3(6)7;1-2(6)3(5)4(7)8;4-2(1-5)3(6)7/h2*4-5H,3,7H2,1-2H3,(H,8,9);3H,1-2,6H2,(H,7,8)(H,9,10);4,6H,1-3H2,(H,7,8);3-4H,6H2,1-2H3,(H,7,8);2H,1,5H2,(H,6,7)(H,8,9);2-3,6H,5H2,1H3,(H,7,8);2,5H,1,4H2,(H,6,7)/t5-;4-,5-;3-;2*4-;2-;2-,3+;2-/m00000010/s1. The largest absolute Gasteiger partial charge is 0.481 e. The Kier molecular flexibility index (Phi) is 50.8. The van der Waals surface area contributed by atoms with E-state index in [0.29, 0.717) is 12.3 Å². The summed E-state index contributed by atoms with van der Waals surface area (Å²) in [5.41, 5.74) is 35.2. The maximum atomic E-state index is 10.2. The maximum Gasteiger partial charge on any atom is 0.323 e. The van der Waals surface area contributed by atoms with E-state index in [1.807, 2.05) is 27.7 Å². The molecule has 0 radical (unpaired) electrons. The van der Waals surface area contributed by atoms with E-state index in [2.05, 4.69) is 5.32 Å². The van der Waals surface area contributed by atoms with Crippen molar-refractivity contribution in [2.75, 3.05) is 13.2 Å². The monoisotopic (exact) mass is 999 g/mol. The number of carboxylic acids is 10. The lowest BCUT2D eigenvalue weighted by Crippen LogP contribution is -2.39. The smallest absolute Gasteiger partial charge is 0.323 e. The van der Waals surface area contributed by atoms with Gasteiger partial charge >= 0.3 is 59.7 Å². The molecule has 0 saturated carbocycles. The van der Waals surface area contributed by atoms with Gasteiger partial charge < -0.3 is 107 Å². The number of rotatable bonds is 20. The highest BCUT2D eigenvalue weighted by Crippen LogP contribution is 2.05. The first-order valence-corrected chi connectivity index (χ1v) is 20.4. The highest BCUT2D eigenvalue weighted by Gasteiger charge is 2.21. The second-order valence-corrected chi connectivity index (χ2v) is 15.1. The Labute approximate surface area is 392 Å². The van der Waals surface area contributed by atoms with Crippen LogP contribution in [0.3, 0.4) is 0 Å². The first kappa shape index (κ1) is 76.6. The predicted molar refractivity (Wildman–Crippen MR) is 240 cm³/mol. The summed E-state index contributed by atoms with van der Waals surface area (Å²) in [4.78, 5) is 99.4. The van der Waals surface area contributed by atoms with Gasteiger partial charge in [0.15, 0.2) is 0 Å². The molecule has 0 aromatic rings. The van der Waals surface area contributed by atoms with Gasteiger partial charge in [-0.2, -0.15) is 0 Å². The minimum Gasteiger partial charge on any atom is -0.481 e. The van der Waals surface area contributed by atoms with E-state index < -0.39 is 121 Å². The van der Waals surface area contributed by atoms with E-state index in [1.165, 1.54) is 6.92 Å². The molecule has 0 amide bonds. The number of aliphatic hydroxyl groups is 2. The predicted octanol–water partition coefficient (Wildman–Crippen LogP) is -3.93. The average Bonchev–Trinajstić information content (AvgIpc) is 3.78. The fraction of sp³-hybridized carbons (Fsp3) is 0.737. The minimum atomic E-state index is -1.29. The molecule has 0 unspecified atom stereocenters. The van der Waals surface area contributed by atoms with E-state index in [9.17, 15) is 47.9 Å². The molecule has 1 rings (SSSR count). The summed E-state index contributed by atoms with van der Waals surface area (Å²) < 4.78 is 0. The van der Waals surface area contributed by atoms with Crippen molar-refractivity contribution in [3.05, 3.63) is 0 Å². The van der Waals surface area contributed by atoms with Gasteiger partial charge in [0.1, 0.15) is 48.3 Å². The lowest BCUT2D eigenvalue weighted by Gasteiger charge is -2.11. The first-order chi connectivity index (χ1) is 30.8. The lowest BCUT2D eigenvalue weighted by molar-refractivity contribution is -0.144. The third-order valence-electron chi connectivity index (χ3n) is 7.96. The molecule has 10 atom stereocenters. The number of carbonyl (C=O) groups is 10. The van der Waals surface area contributed by atoms with Crippen molar-refractivity contribution in [3.63, 3.8) is 0 Å². The van der Waals surface area contributed by atoms with Crippen LogP contribution >= 0.6 is 0 Å². The molecule has 30 heteroatoms. The summed E-state index contributed by atoms with van der Waals surface area (Å²) in [7, 11) is 0. The zero-order valence-corrected chi connectivity index (χ0v) is 39.3. The molecular weight excluding hydrogens is 920 g/mol. The van der Waals surface area contributed by atoms with E-state index in [-0.39, 0.29) is 30.7 Å². The van der Waals surface area contributed by atoms with Crippen LogP contribution in [0.2, 0.25) is 0 Å². The van der Waals surface area contributed by atoms with Crippen molar-refractivity contribution in [2.45, 2.75) is 148 Å². The third-order valence-corrected chi connectivity index (χ3v) is 7.96. The average molecular weight is 999 g/mol. The van der Waals surface area contributed by atoms with E-state index in [0.717, 1.165) is 25.8 Å². The van der Waals surface area contributed by atoms with Crippen LogP contribution in [0.15, 0.2) is 0 Å². The van der Waals surface area contributed by atoms with E-state index in [1.54, 1.807) is 13.8 Å². The second kappa shape index (κ2) is 45.1. The molecule has 68 heavy (non-hydrogen) atoms. The van der Waals surface area contributed by atoms with Crippen LogP contribution in [0, 0.1) is 17.8 Å². The summed E-state index contributed by atoms with van der Waals surface area (Å²) in [6.45, 7) is 12.9. The molecule has 1 fully saturated rings. The molecule has 1 aliphatic rings. The first-order valence-electron chi connectivity index (χ1n) is 20.4. The van der Waals surface area contributed by atoms with Gasteiger partial charge in [-0.05, 0) is 56.9 Å². The Morgan fingerprint density at radius 2 is 0.941 bits per heavy atom. The Balaban J connectivity index is -0.000000125. The number of hydrogen-bond acceptors (Lipinski definition) is 20. The third kappa shape index (κ3) is 54.6. The molecular formula is C38H78N8O22. The van der Waals surface area contributed by atoms with Gasteiger partial charge in [0.05, 0.1) is 19.1 Å². The Morgan fingerprint density at radius 3 is 1.06 bits per heavy atom. The zero-order valence-electron chi connectivity index (χ0n) is 39.3. The van der Waals surface area contributed by atoms with Crippen molar-refractivity contribution in [3.8, 4) is 0 Å². The van der Waals surface area contributed by atoms with Crippen molar-refractivity contribution >= 4 is 59.7 Å². The molecule has 0 spiro atoms. The molecule has 30 nitrogen and oxygen atoms in total. The SMILES string of the molecule is CC(C)C[C@H](N)C(=O)O.CC(C)[C@H](N)C(=O)O.CC[C@H](C)[C@H](N)C(=O)O.C[C@@H](O)[C@H](N)C(=O)O.N[C@@H](CC(=O)O)C(=O)O.N[C@@H](CCC(=O)O)C(=O)O.N[C@@H](CO)C(=O)O.O=C(O)[C@@H]1CCCN1. The van der Waals surface area contributed by atoms with Gasteiger partial charge in [0.2, 0.25) is 0 Å². The molecule has 1 saturated heterocycles. The number of carboxylic acid groups (broad SMARTS) is 10. The molecule has 0 aliphatic carbocycles. The van der Waals surface area contributed by atoms with Gasteiger partial charge in [-0.3, -0.25) is 47.9 Å². The molecule has 1 heterocycles. The Morgan fingerprint density at radius 1 is 0.544 bits per heavy atom. The minimum absolute atomic E-state index is 0.0208. The van der Waals surface area contributed by atoms with Crippen LogP contribution in [0.25, 0.3) is 0 Å². The maximum absolute atomic E-state index is 10.2. The van der Waals surface area contributed by atoms with Crippen LogP contribution in [0.5, 0.6) is 0 Å². The molecule has 0 aromatic heterocycles. The summed E-state index contributed by atoms with van der Waals surface area (Å²) >= 11 is 0. The van der Waals surface area contributed by atoms with Crippen LogP contribution in [0.1, 0.15) is 93.4 Å². The highest BCUT2D eigenvalue weighted by molar-refractivity contribution is 5.80. The number of nitrogens with one attached hydrogen (secondary N) is 1. The van der Waals surface area contributed by atoms with E-state index >= 15 is 0 Å². The Hall–Kier alpha value is -5.70. The van der Waals surface area contributed by atoms with E-state index in [4.69, 9.17) is 101 Å². The number of aliphatic hydroxyl groups excluding tert-OH is 2. The summed E-state index contributed by atoms with van der Waals surface area (Å²) in [5.74, 6) is -10.1. The second-order valence-electron chi connectivity index (χ2n) is 15.1. The lowest BCUT2D eigenvalue weighted by atomic mass is 10.0. The van der Waals surface area contributed by atoms with Gasteiger partial charge in [0.25, 0.3) is 0 Å². The van der Waals surface area contributed by atoms with Gasteiger partial charge in [-0.25, -0.2) is 0 Å². The summed E-state index contributed by atoms with van der Waals surface area (Å²) in [6.07, 6.45) is 1.41. The van der Waals surface area contributed by atoms with Gasteiger partial charge in [0, 0.05) is 6.42 Å². The quantitative estimate of drug-likeness (QED) is 0.0554. The van der Waals surface area contributed by atoms with Crippen LogP contribution in [-0.4, -0.2) is 189 Å². The fourth-order valence-electron chi connectivity index (χ4n) is 3.25. The molecule has 0 aromatic carbocycles. The highest BCUT2D eigenvalue weighted by atomic mass is 16.4. The van der Waals surface area contributed by atoms with Crippen molar-refractivity contribution in [2.24, 2.45) is 57.9 Å². The Bertz CT molecular complexity index is 1430. The van der Waals surface area contributed by atoms with Gasteiger partial charge in [-0.15, -0.1) is 0 Å². The number of hydrogen-bond donors (Lipinski definition) is 20. The summed E-state index contributed by atoms with van der Waals surface area (Å²) in [5, 5.41) is 101. The molecule has 0 bridgehead atoms.